The van der Waals surface area contributed by atoms with E-state index in [1.54, 1.807) is 6.20 Å². The van der Waals surface area contributed by atoms with Gasteiger partial charge in [-0.15, -0.1) is 0 Å². The molecule has 0 aliphatic heterocycles. The molecule has 2 atom stereocenters. The molecule has 2 aromatic rings. The molecule has 2 N–H and O–H groups in total. The van der Waals surface area contributed by atoms with Crippen molar-refractivity contribution in [3.05, 3.63) is 59.8 Å². The third-order valence-electron chi connectivity index (χ3n) is 3.59. The number of aromatic nitrogens is 1. The van der Waals surface area contributed by atoms with Crippen LogP contribution in [0.3, 0.4) is 0 Å². The van der Waals surface area contributed by atoms with Crippen molar-refractivity contribution in [3.8, 4) is 5.88 Å². The van der Waals surface area contributed by atoms with Gasteiger partial charge in [0, 0.05) is 31.4 Å². The summed E-state index contributed by atoms with van der Waals surface area (Å²) in [4.78, 5) is 4.14. The fourth-order valence-corrected chi connectivity index (χ4v) is 3.18. The average molecular weight is 363 g/mol. The summed E-state index contributed by atoms with van der Waals surface area (Å²) in [5.41, 5.74) is 2.06. The Bertz CT molecular complexity index is 749. The van der Waals surface area contributed by atoms with E-state index >= 15 is 0 Å². The highest BCUT2D eigenvalue weighted by atomic mass is 32.2. The molecule has 2 rings (SSSR count). The summed E-state index contributed by atoms with van der Waals surface area (Å²) < 4.78 is 30.8. The molecule has 0 radical (unpaired) electrons. The number of nitrogens with one attached hydrogen (secondary N) is 2. The van der Waals surface area contributed by atoms with Gasteiger partial charge >= 0.3 is 0 Å². The van der Waals surface area contributed by atoms with Crippen LogP contribution in [0.4, 0.5) is 0 Å². The smallest absolute Gasteiger partial charge is 0.213 e. The van der Waals surface area contributed by atoms with Crippen LogP contribution in [0.25, 0.3) is 0 Å². The van der Waals surface area contributed by atoms with E-state index in [1.165, 1.54) is 0 Å². The van der Waals surface area contributed by atoms with Gasteiger partial charge < -0.3 is 10.1 Å². The van der Waals surface area contributed by atoms with E-state index in [1.807, 2.05) is 56.3 Å². The molecular weight excluding hydrogens is 338 g/mol. The molecular formula is C18H25N3O3S. The van der Waals surface area contributed by atoms with E-state index in [9.17, 15) is 8.42 Å². The number of hydrogen-bond donors (Lipinski definition) is 2. The third kappa shape index (κ3) is 7.21. The fraction of sp³-hybridized carbons (Fsp3) is 0.389. The van der Waals surface area contributed by atoms with Crippen LogP contribution in [0.5, 0.6) is 5.88 Å². The summed E-state index contributed by atoms with van der Waals surface area (Å²) >= 11 is 0. The van der Waals surface area contributed by atoms with Gasteiger partial charge in [-0.1, -0.05) is 30.3 Å². The van der Waals surface area contributed by atoms with Gasteiger partial charge in [0.1, 0.15) is 6.10 Å². The highest BCUT2D eigenvalue weighted by Gasteiger charge is 2.10. The number of sulfonamides is 1. The molecule has 0 amide bonds. The molecule has 1 heterocycles. The minimum atomic E-state index is -3.21. The molecule has 0 saturated carbocycles. The molecule has 0 spiro atoms. The molecule has 7 heteroatoms. The third-order valence-corrected chi connectivity index (χ3v) is 4.37. The van der Waals surface area contributed by atoms with Crippen molar-refractivity contribution < 1.29 is 13.2 Å². The maximum Gasteiger partial charge on any atom is 0.213 e. The van der Waals surface area contributed by atoms with Crippen LogP contribution in [0.1, 0.15) is 31.0 Å². The van der Waals surface area contributed by atoms with E-state index in [2.05, 4.69) is 15.0 Å². The molecule has 0 bridgehead atoms. The zero-order chi connectivity index (χ0) is 18.3. The minimum Gasteiger partial charge on any atom is -0.473 e. The van der Waals surface area contributed by atoms with Gasteiger partial charge in [0.2, 0.25) is 15.9 Å². The van der Waals surface area contributed by atoms with Gasteiger partial charge in [0.25, 0.3) is 0 Å². The van der Waals surface area contributed by atoms with Crippen LogP contribution in [-0.4, -0.2) is 32.3 Å². The van der Waals surface area contributed by atoms with E-state index in [0.717, 1.165) is 17.4 Å². The molecule has 1 aromatic heterocycles. The number of ether oxygens (including phenoxy) is 1. The Labute approximate surface area is 149 Å². The van der Waals surface area contributed by atoms with Crippen molar-refractivity contribution in [3.63, 3.8) is 0 Å². The van der Waals surface area contributed by atoms with Crippen molar-refractivity contribution in [1.82, 2.24) is 15.0 Å². The Morgan fingerprint density at radius 2 is 1.84 bits per heavy atom. The second-order valence-electron chi connectivity index (χ2n) is 6.08. The summed E-state index contributed by atoms with van der Waals surface area (Å²) in [6.45, 7) is 5.22. The Hall–Kier alpha value is -1.96. The average Bonchev–Trinajstić information content (AvgIpc) is 2.55. The predicted octanol–water partition coefficient (Wildman–Crippen LogP) is 2.25. The summed E-state index contributed by atoms with van der Waals surface area (Å²) in [5, 5.41) is 3.34. The van der Waals surface area contributed by atoms with Crippen molar-refractivity contribution in [2.45, 2.75) is 32.5 Å². The number of rotatable bonds is 9. The van der Waals surface area contributed by atoms with E-state index in [0.29, 0.717) is 19.0 Å². The van der Waals surface area contributed by atoms with Crippen LogP contribution >= 0.6 is 0 Å². The van der Waals surface area contributed by atoms with Gasteiger partial charge in [0.05, 0.1) is 6.26 Å². The van der Waals surface area contributed by atoms with Gasteiger partial charge in [-0.25, -0.2) is 18.1 Å². The first-order valence-electron chi connectivity index (χ1n) is 8.18. The molecule has 0 aliphatic rings. The SMILES string of the molecule is C[C@H](CNCc1ccc([C@@H](C)NS(C)(=O)=O)cc1)Oc1ccccn1. The lowest BCUT2D eigenvalue weighted by Crippen LogP contribution is -2.28. The highest BCUT2D eigenvalue weighted by Crippen LogP contribution is 2.14. The normalized spacial score (nSPS) is 14.0. The molecule has 1 aromatic carbocycles. The molecule has 0 unspecified atom stereocenters. The zero-order valence-corrected chi connectivity index (χ0v) is 15.6. The lowest BCUT2D eigenvalue weighted by molar-refractivity contribution is 0.208. The maximum atomic E-state index is 11.3. The van der Waals surface area contributed by atoms with Crippen LogP contribution < -0.4 is 14.8 Å². The zero-order valence-electron chi connectivity index (χ0n) is 14.8. The second-order valence-corrected chi connectivity index (χ2v) is 7.86. The Kier molecular flexibility index (Phi) is 6.92. The first-order chi connectivity index (χ1) is 11.8. The van der Waals surface area contributed by atoms with Crippen LogP contribution in [0.2, 0.25) is 0 Å². The van der Waals surface area contributed by atoms with Gasteiger partial charge in [-0.05, 0) is 31.0 Å². The summed E-state index contributed by atoms with van der Waals surface area (Å²) in [5.74, 6) is 0.619. The topological polar surface area (TPSA) is 80.3 Å². The molecule has 6 nitrogen and oxygen atoms in total. The number of hydrogen-bond acceptors (Lipinski definition) is 5. The van der Waals surface area contributed by atoms with E-state index in [-0.39, 0.29) is 12.1 Å². The number of benzene rings is 1. The predicted molar refractivity (Wildman–Crippen MR) is 98.9 cm³/mol. The Morgan fingerprint density at radius 1 is 1.12 bits per heavy atom. The lowest BCUT2D eigenvalue weighted by atomic mass is 10.1. The van der Waals surface area contributed by atoms with Crippen molar-refractivity contribution >= 4 is 10.0 Å². The summed E-state index contributed by atoms with van der Waals surface area (Å²) in [6.07, 6.45) is 2.88. The molecule has 0 aliphatic carbocycles. The molecule has 25 heavy (non-hydrogen) atoms. The quantitative estimate of drug-likeness (QED) is 0.714. The van der Waals surface area contributed by atoms with E-state index in [4.69, 9.17) is 4.74 Å². The van der Waals surface area contributed by atoms with Crippen LogP contribution in [0.15, 0.2) is 48.7 Å². The van der Waals surface area contributed by atoms with Gasteiger partial charge in [0.15, 0.2) is 0 Å². The van der Waals surface area contributed by atoms with Crippen molar-refractivity contribution in [2.24, 2.45) is 0 Å². The van der Waals surface area contributed by atoms with Crippen molar-refractivity contribution in [1.29, 1.82) is 0 Å². The molecule has 136 valence electrons. The van der Waals surface area contributed by atoms with Gasteiger partial charge in [-0.3, -0.25) is 0 Å². The Balaban J connectivity index is 1.77. The minimum absolute atomic E-state index is 0.00755. The molecule has 0 saturated heterocycles. The number of nitrogens with zero attached hydrogens (tertiary/aromatic N) is 1. The fourth-order valence-electron chi connectivity index (χ4n) is 2.40. The van der Waals surface area contributed by atoms with Crippen LogP contribution in [-0.2, 0) is 16.6 Å². The summed E-state index contributed by atoms with van der Waals surface area (Å²) in [6, 6.07) is 13.2. The van der Waals surface area contributed by atoms with Crippen molar-refractivity contribution in [2.75, 3.05) is 12.8 Å². The largest absolute Gasteiger partial charge is 0.473 e. The summed E-state index contributed by atoms with van der Waals surface area (Å²) in [7, 11) is -3.21. The van der Waals surface area contributed by atoms with Gasteiger partial charge in [-0.2, -0.15) is 0 Å². The molecule has 0 fully saturated rings. The Morgan fingerprint density at radius 3 is 2.44 bits per heavy atom. The second kappa shape index (κ2) is 8.94. The standard InChI is InChI=1S/C18H25N3O3S/c1-14(24-18-6-4-5-11-20-18)12-19-13-16-7-9-17(10-8-16)15(2)21-25(3,22)23/h4-11,14-15,19,21H,12-13H2,1-3H3/t14-,15-/m1/s1. The monoisotopic (exact) mass is 363 g/mol. The maximum absolute atomic E-state index is 11.3. The van der Waals surface area contributed by atoms with E-state index < -0.39 is 10.0 Å². The lowest BCUT2D eigenvalue weighted by Gasteiger charge is -2.15. The first kappa shape index (κ1) is 19.4. The first-order valence-corrected chi connectivity index (χ1v) is 10.1. The highest BCUT2D eigenvalue weighted by molar-refractivity contribution is 7.88. The van der Waals surface area contributed by atoms with Crippen LogP contribution in [0, 0.1) is 0 Å². The number of pyridine rings is 1.